The Morgan fingerprint density at radius 3 is 2.35 bits per heavy atom. The second-order valence-corrected chi connectivity index (χ2v) is 6.74. The molecule has 1 fully saturated rings. The molecular weight excluding hydrogens is 286 g/mol. The molecule has 1 saturated heterocycles. The predicted octanol–water partition coefficient (Wildman–Crippen LogP) is 4.34. The summed E-state index contributed by atoms with van der Waals surface area (Å²) in [7, 11) is 0. The first-order valence-electron chi connectivity index (χ1n) is 9.36. The molecule has 0 amide bonds. The Kier molecular flexibility index (Phi) is 7.38. The first-order valence-corrected chi connectivity index (χ1v) is 9.36. The number of hydrogen-bond donors (Lipinski definition) is 1. The minimum absolute atomic E-state index is 0.675. The van der Waals surface area contributed by atoms with Crippen molar-refractivity contribution < 1.29 is 9.84 Å². The molecule has 0 radical (unpaired) electrons. The summed E-state index contributed by atoms with van der Waals surface area (Å²) in [6, 6.07) is 8.04. The Balaban J connectivity index is 2.03. The molecule has 0 bridgehead atoms. The van der Waals surface area contributed by atoms with Gasteiger partial charge in [-0.15, -0.1) is 0 Å². The van der Waals surface area contributed by atoms with Crippen LogP contribution in [0.2, 0.25) is 0 Å². The van der Waals surface area contributed by atoms with E-state index < -0.39 is 5.60 Å². The summed E-state index contributed by atoms with van der Waals surface area (Å²) in [5, 5.41) is 11.3. The zero-order chi connectivity index (χ0) is 16.5. The smallest absolute Gasteiger partial charge is 0.119 e. The minimum atomic E-state index is -0.710. The maximum absolute atomic E-state index is 11.3. The first kappa shape index (κ1) is 18.3. The second-order valence-electron chi connectivity index (χ2n) is 6.74. The van der Waals surface area contributed by atoms with Crippen molar-refractivity contribution in [2.75, 3.05) is 26.2 Å². The number of benzene rings is 1. The highest BCUT2D eigenvalue weighted by Gasteiger charge is 2.29. The minimum Gasteiger partial charge on any atom is -0.494 e. The number of rotatable bonds is 9. The molecule has 1 aliphatic heterocycles. The molecule has 130 valence electrons. The second kappa shape index (κ2) is 9.29. The van der Waals surface area contributed by atoms with Crippen LogP contribution in [-0.4, -0.2) is 36.2 Å². The topological polar surface area (TPSA) is 32.7 Å². The Labute approximate surface area is 141 Å². The zero-order valence-electron chi connectivity index (χ0n) is 14.9. The monoisotopic (exact) mass is 319 g/mol. The van der Waals surface area contributed by atoms with Gasteiger partial charge in [-0.1, -0.05) is 38.3 Å². The molecule has 1 aromatic carbocycles. The average molecular weight is 319 g/mol. The van der Waals surface area contributed by atoms with Crippen LogP contribution in [0.1, 0.15) is 64.4 Å². The van der Waals surface area contributed by atoms with Crippen molar-refractivity contribution in [1.82, 2.24) is 4.90 Å². The van der Waals surface area contributed by atoms with Crippen molar-refractivity contribution in [3.8, 4) is 5.75 Å². The zero-order valence-corrected chi connectivity index (χ0v) is 14.9. The van der Waals surface area contributed by atoms with E-state index in [1.807, 2.05) is 31.2 Å². The van der Waals surface area contributed by atoms with Crippen LogP contribution in [0.25, 0.3) is 0 Å². The molecule has 1 N–H and O–H groups in total. The molecule has 1 aromatic rings. The Morgan fingerprint density at radius 2 is 1.74 bits per heavy atom. The van der Waals surface area contributed by atoms with Crippen LogP contribution in [0.3, 0.4) is 0 Å². The number of likely N-dealkylation sites (tertiary alicyclic amines) is 1. The van der Waals surface area contributed by atoms with E-state index >= 15 is 0 Å². The summed E-state index contributed by atoms with van der Waals surface area (Å²) in [5.74, 6) is 0.880. The van der Waals surface area contributed by atoms with E-state index in [0.29, 0.717) is 6.61 Å². The number of piperidine rings is 1. The van der Waals surface area contributed by atoms with Gasteiger partial charge in [0, 0.05) is 6.54 Å². The van der Waals surface area contributed by atoms with Gasteiger partial charge in [0.25, 0.3) is 0 Å². The number of unbranched alkanes of at least 4 members (excludes halogenated alkanes) is 1. The average Bonchev–Trinajstić information content (AvgIpc) is 2.60. The van der Waals surface area contributed by atoms with Gasteiger partial charge in [-0.25, -0.2) is 0 Å². The van der Waals surface area contributed by atoms with Gasteiger partial charge < -0.3 is 14.7 Å². The molecule has 3 nitrogen and oxygen atoms in total. The normalized spacial score (nSPS) is 18.6. The summed E-state index contributed by atoms with van der Waals surface area (Å²) in [4.78, 5) is 2.51. The summed E-state index contributed by atoms with van der Waals surface area (Å²) < 4.78 is 5.52. The molecule has 1 heterocycles. The maximum atomic E-state index is 11.3. The molecule has 2 rings (SSSR count). The SMILES string of the molecule is CCCCC(O)(CCN1CCCCC1)c1ccc(OCC)cc1. The van der Waals surface area contributed by atoms with E-state index in [0.717, 1.165) is 43.5 Å². The number of nitrogens with zero attached hydrogens (tertiary/aromatic N) is 1. The molecule has 23 heavy (non-hydrogen) atoms. The highest BCUT2D eigenvalue weighted by atomic mass is 16.5. The fourth-order valence-corrected chi connectivity index (χ4v) is 3.44. The Bertz CT molecular complexity index is 439. The van der Waals surface area contributed by atoms with Crippen LogP contribution < -0.4 is 4.74 Å². The third-order valence-electron chi connectivity index (χ3n) is 4.94. The molecular formula is C20H33NO2. The third-order valence-corrected chi connectivity index (χ3v) is 4.94. The van der Waals surface area contributed by atoms with Gasteiger partial charge in [0.05, 0.1) is 12.2 Å². The van der Waals surface area contributed by atoms with E-state index in [1.165, 1.54) is 32.4 Å². The van der Waals surface area contributed by atoms with Gasteiger partial charge in [0.1, 0.15) is 5.75 Å². The summed E-state index contributed by atoms with van der Waals surface area (Å²) in [6.45, 7) is 8.22. The molecule has 0 aromatic heterocycles. The van der Waals surface area contributed by atoms with Crippen molar-refractivity contribution >= 4 is 0 Å². The molecule has 0 aliphatic carbocycles. The van der Waals surface area contributed by atoms with Crippen LogP contribution in [0.4, 0.5) is 0 Å². The number of hydrogen-bond acceptors (Lipinski definition) is 3. The molecule has 0 spiro atoms. The lowest BCUT2D eigenvalue weighted by Gasteiger charge is -2.33. The predicted molar refractivity (Wildman–Crippen MR) is 95.9 cm³/mol. The molecule has 1 aliphatic rings. The van der Waals surface area contributed by atoms with E-state index in [1.54, 1.807) is 0 Å². The van der Waals surface area contributed by atoms with Gasteiger partial charge >= 0.3 is 0 Å². The lowest BCUT2D eigenvalue weighted by Crippen LogP contribution is -2.36. The van der Waals surface area contributed by atoms with E-state index in [4.69, 9.17) is 4.74 Å². The van der Waals surface area contributed by atoms with Crippen LogP contribution in [-0.2, 0) is 5.60 Å². The number of ether oxygens (including phenoxy) is 1. The van der Waals surface area contributed by atoms with Crippen molar-refractivity contribution in [2.24, 2.45) is 0 Å². The standard InChI is InChI=1S/C20H33NO2/c1-3-5-13-20(22,14-17-21-15-7-6-8-16-21)18-9-11-19(12-10-18)23-4-2/h9-12,22H,3-8,13-17H2,1-2H3. The van der Waals surface area contributed by atoms with Crippen molar-refractivity contribution in [1.29, 1.82) is 0 Å². The van der Waals surface area contributed by atoms with E-state index in [-0.39, 0.29) is 0 Å². The van der Waals surface area contributed by atoms with Gasteiger partial charge in [0.15, 0.2) is 0 Å². The van der Waals surface area contributed by atoms with Gasteiger partial charge in [-0.3, -0.25) is 0 Å². The quantitative estimate of drug-likeness (QED) is 0.735. The number of aliphatic hydroxyl groups is 1. The van der Waals surface area contributed by atoms with Crippen molar-refractivity contribution in [3.63, 3.8) is 0 Å². The maximum Gasteiger partial charge on any atom is 0.119 e. The van der Waals surface area contributed by atoms with Crippen molar-refractivity contribution in [2.45, 2.75) is 64.4 Å². The molecule has 1 unspecified atom stereocenters. The van der Waals surface area contributed by atoms with Crippen LogP contribution in [0.15, 0.2) is 24.3 Å². The third kappa shape index (κ3) is 5.50. The largest absolute Gasteiger partial charge is 0.494 e. The Morgan fingerprint density at radius 1 is 1.04 bits per heavy atom. The fraction of sp³-hybridized carbons (Fsp3) is 0.700. The molecule has 0 saturated carbocycles. The van der Waals surface area contributed by atoms with Gasteiger partial charge in [-0.05, 0) is 63.4 Å². The first-order chi connectivity index (χ1) is 11.2. The highest BCUT2D eigenvalue weighted by molar-refractivity contribution is 5.31. The van der Waals surface area contributed by atoms with Crippen LogP contribution in [0, 0.1) is 0 Å². The molecule has 1 atom stereocenters. The van der Waals surface area contributed by atoms with Gasteiger partial charge in [-0.2, -0.15) is 0 Å². The van der Waals surface area contributed by atoms with Crippen LogP contribution in [0.5, 0.6) is 5.75 Å². The van der Waals surface area contributed by atoms with E-state index in [9.17, 15) is 5.11 Å². The van der Waals surface area contributed by atoms with Crippen LogP contribution >= 0.6 is 0 Å². The lowest BCUT2D eigenvalue weighted by atomic mass is 9.85. The highest BCUT2D eigenvalue weighted by Crippen LogP contribution is 2.32. The summed E-state index contributed by atoms with van der Waals surface area (Å²) >= 11 is 0. The fourth-order valence-electron chi connectivity index (χ4n) is 3.44. The van der Waals surface area contributed by atoms with Gasteiger partial charge in [0.2, 0.25) is 0 Å². The van der Waals surface area contributed by atoms with Crippen molar-refractivity contribution in [3.05, 3.63) is 29.8 Å². The summed E-state index contributed by atoms with van der Waals surface area (Å²) in [5.41, 5.74) is 0.324. The molecule has 3 heteroatoms. The summed E-state index contributed by atoms with van der Waals surface area (Å²) in [6.07, 6.45) is 7.79. The Hall–Kier alpha value is -1.06. The lowest BCUT2D eigenvalue weighted by molar-refractivity contribution is 0.00514. The van der Waals surface area contributed by atoms with E-state index in [2.05, 4.69) is 11.8 Å².